The largest absolute Gasteiger partial charge is 0.490 e. The standard InChI is InChI=1S/C26H28N2O5S/c1-17-5-11-23(15-18(17)2)34(30,31)28-22-9-6-20(7-10-22)26(29)27-19(3)21-8-12-24-25(16-21)33-14-4-13-32-24/h5-12,15-16,19,28H,4,13-14H2,1-3H3,(H,27,29). The van der Waals surface area contributed by atoms with E-state index < -0.39 is 10.0 Å². The Balaban J connectivity index is 1.42. The van der Waals surface area contributed by atoms with Crippen molar-refractivity contribution in [3.05, 3.63) is 82.9 Å². The molecule has 8 heteroatoms. The van der Waals surface area contributed by atoms with E-state index in [2.05, 4.69) is 10.0 Å². The first-order valence-electron chi connectivity index (χ1n) is 11.1. The van der Waals surface area contributed by atoms with Crippen LogP contribution in [0, 0.1) is 13.8 Å². The first-order valence-corrected chi connectivity index (χ1v) is 12.6. The molecule has 0 saturated heterocycles. The fraction of sp³-hybridized carbons (Fsp3) is 0.269. The minimum atomic E-state index is -3.72. The third kappa shape index (κ3) is 5.34. The molecule has 1 atom stereocenters. The molecule has 0 radical (unpaired) electrons. The van der Waals surface area contributed by atoms with E-state index in [9.17, 15) is 13.2 Å². The number of rotatable bonds is 6. The van der Waals surface area contributed by atoms with Gasteiger partial charge in [-0.2, -0.15) is 0 Å². The molecule has 1 amide bonds. The van der Waals surface area contributed by atoms with Crippen molar-refractivity contribution in [3.63, 3.8) is 0 Å². The molecule has 1 aliphatic heterocycles. The molecule has 178 valence electrons. The summed E-state index contributed by atoms with van der Waals surface area (Å²) < 4.78 is 39.4. The average Bonchev–Trinajstić information content (AvgIpc) is 3.06. The highest BCUT2D eigenvalue weighted by atomic mass is 32.2. The van der Waals surface area contributed by atoms with E-state index in [1.165, 1.54) is 0 Å². The smallest absolute Gasteiger partial charge is 0.261 e. The first-order chi connectivity index (χ1) is 16.2. The minimum absolute atomic E-state index is 0.196. The Morgan fingerprint density at radius 3 is 2.29 bits per heavy atom. The van der Waals surface area contributed by atoms with Gasteiger partial charge in [-0.15, -0.1) is 0 Å². The Morgan fingerprint density at radius 1 is 0.882 bits per heavy atom. The first kappa shape index (κ1) is 23.6. The SMILES string of the molecule is Cc1ccc(S(=O)(=O)Nc2ccc(C(=O)NC(C)c3ccc4c(c3)OCCCO4)cc2)cc1C. The van der Waals surface area contributed by atoms with Gasteiger partial charge in [0, 0.05) is 17.7 Å². The Morgan fingerprint density at radius 2 is 1.59 bits per heavy atom. The maximum atomic E-state index is 12.8. The molecule has 4 rings (SSSR count). The van der Waals surface area contributed by atoms with Crippen LogP contribution < -0.4 is 19.5 Å². The number of sulfonamides is 1. The van der Waals surface area contributed by atoms with Crippen molar-refractivity contribution < 1.29 is 22.7 Å². The van der Waals surface area contributed by atoms with Gasteiger partial charge in [-0.25, -0.2) is 8.42 Å². The van der Waals surface area contributed by atoms with Gasteiger partial charge in [-0.1, -0.05) is 12.1 Å². The van der Waals surface area contributed by atoms with Crippen molar-refractivity contribution >= 4 is 21.6 Å². The lowest BCUT2D eigenvalue weighted by molar-refractivity contribution is 0.0940. The number of fused-ring (bicyclic) bond motifs is 1. The zero-order chi connectivity index (χ0) is 24.3. The molecular formula is C26H28N2O5S. The van der Waals surface area contributed by atoms with E-state index in [1.807, 2.05) is 39.0 Å². The van der Waals surface area contributed by atoms with E-state index in [0.29, 0.717) is 36.0 Å². The normalized spacial score (nSPS) is 14.1. The number of ether oxygens (including phenoxy) is 2. The van der Waals surface area contributed by atoms with Crippen molar-refractivity contribution in [2.75, 3.05) is 17.9 Å². The summed E-state index contributed by atoms with van der Waals surface area (Å²) in [5.41, 5.74) is 3.63. The van der Waals surface area contributed by atoms with E-state index in [1.54, 1.807) is 42.5 Å². The molecule has 2 N–H and O–H groups in total. The van der Waals surface area contributed by atoms with Crippen molar-refractivity contribution in [2.45, 2.75) is 38.1 Å². The molecule has 3 aromatic carbocycles. The summed E-state index contributed by atoms with van der Waals surface area (Å²) in [6.45, 7) is 6.91. The molecule has 0 aromatic heterocycles. The van der Waals surface area contributed by atoms with E-state index >= 15 is 0 Å². The zero-order valence-electron chi connectivity index (χ0n) is 19.4. The highest BCUT2D eigenvalue weighted by Crippen LogP contribution is 2.32. The van der Waals surface area contributed by atoms with E-state index in [0.717, 1.165) is 23.1 Å². The molecule has 1 unspecified atom stereocenters. The number of carbonyl (C=O) groups is 1. The molecular weight excluding hydrogens is 452 g/mol. The van der Waals surface area contributed by atoms with E-state index in [-0.39, 0.29) is 16.8 Å². The number of hydrogen-bond donors (Lipinski definition) is 2. The Labute approximate surface area is 200 Å². The number of nitrogens with one attached hydrogen (secondary N) is 2. The quantitative estimate of drug-likeness (QED) is 0.531. The topological polar surface area (TPSA) is 93.7 Å². The van der Waals surface area contributed by atoms with Gasteiger partial charge in [0.2, 0.25) is 0 Å². The molecule has 0 fully saturated rings. The molecule has 0 aliphatic carbocycles. The Kier molecular flexibility index (Phi) is 6.79. The summed E-state index contributed by atoms with van der Waals surface area (Å²) >= 11 is 0. The van der Waals surface area contributed by atoms with Gasteiger partial charge in [-0.05, 0) is 86.0 Å². The second kappa shape index (κ2) is 9.77. The van der Waals surface area contributed by atoms with Gasteiger partial charge in [-0.3, -0.25) is 9.52 Å². The molecule has 0 saturated carbocycles. The van der Waals surface area contributed by atoms with Crippen LogP contribution in [0.25, 0.3) is 0 Å². The Hall–Kier alpha value is -3.52. The molecule has 34 heavy (non-hydrogen) atoms. The molecule has 1 heterocycles. The highest BCUT2D eigenvalue weighted by Gasteiger charge is 2.18. The van der Waals surface area contributed by atoms with Crippen LogP contribution >= 0.6 is 0 Å². The lowest BCUT2D eigenvalue weighted by Crippen LogP contribution is -2.26. The number of aryl methyl sites for hydroxylation is 2. The minimum Gasteiger partial charge on any atom is -0.490 e. The predicted molar refractivity (Wildman–Crippen MR) is 131 cm³/mol. The molecule has 3 aromatic rings. The van der Waals surface area contributed by atoms with Crippen LogP contribution in [0.3, 0.4) is 0 Å². The van der Waals surface area contributed by atoms with Crippen LogP contribution in [-0.2, 0) is 10.0 Å². The lowest BCUT2D eigenvalue weighted by Gasteiger charge is -2.17. The Bertz CT molecular complexity index is 1300. The van der Waals surface area contributed by atoms with Crippen LogP contribution in [-0.4, -0.2) is 27.5 Å². The summed E-state index contributed by atoms with van der Waals surface area (Å²) in [6.07, 6.45) is 0.827. The van der Waals surface area contributed by atoms with E-state index in [4.69, 9.17) is 9.47 Å². The molecule has 7 nitrogen and oxygen atoms in total. The third-order valence-electron chi connectivity index (χ3n) is 5.81. The molecule has 0 spiro atoms. The fourth-order valence-electron chi connectivity index (χ4n) is 3.60. The number of benzene rings is 3. The van der Waals surface area contributed by atoms with Crippen LogP contribution in [0.5, 0.6) is 11.5 Å². The third-order valence-corrected chi connectivity index (χ3v) is 7.19. The number of carbonyl (C=O) groups excluding carboxylic acids is 1. The molecule has 1 aliphatic rings. The molecule has 0 bridgehead atoms. The summed E-state index contributed by atoms with van der Waals surface area (Å²) in [7, 11) is -3.72. The average molecular weight is 481 g/mol. The summed E-state index contributed by atoms with van der Waals surface area (Å²) in [5, 5.41) is 2.97. The summed E-state index contributed by atoms with van der Waals surface area (Å²) in [5.74, 6) is 1.12. The van der Waals surface area contributed by atoms with Crippen LogP contribution in [0.15, 0.2) is 65.6 Å². The van der Waals surface area contributed by atoms with Gasteiger partial charge in [0.15, 0.2) is 11.5 Å². The number of hydrogen-bond acceptors (Lipinski definition) is 5. The van der Waals surface area contributed by atoms with Gasteiger partial charge in [0.05, 0.1) is 24.2 Å². The van der Waals surface area contributed by atoms with Crippen molar-refractivity contribution in [3.8, 4) is 11.5 Å². The maximum Gasteiger partial charge on any atom is 0.261 e. The van der Waals surface area contributed by atoms with Gasteiger partial charge in [0.25, 0.3) is 15.9 Å². The monoisotopic (exact) mass is 480 g/mol. The van der Waals surface area contributed by atoms with Crippen molar-refractivity contribution in [1.82, 2.24) is 5.32 Å². The number of amides is 1. The summed E-state index contributed by atoms with van der Waals surface area (Å²) in [6, 6.07) is 16.7. The van der Waals surface area contributed by atoms with Gasteiger partial charge < -0.3 is 14.8 Å². The van der Waals surface area contributed by atoms with Crippen LogP contribution in [0.1, 0.15) is 46.4 Å². The second-order valence-electron chi connectivity index (χ2n) is 8.38. The fourth-order valence-corrected chi connectivity index (χ4v) is 4.74. The van der Waals surface area contributed by atoms with Crippen molar-refractivity contribution in [1.29, 1.82) is 0 Å². The summed E-state index contributed by atoms with van der Waals surface area (Å²) in [4.78, 5) is 12.9. The lowest BCUT2D eigenvalue weighted by atomic mass is 10.1. The maximum absolute atomic E-state index is 12.8. The van der Waals surface area contributed by atoms with Gasteiger partial charge in [0.1, 0.15) is 0 Å². The van der Waals surface area contributed by atoms with Crippen LogP contribution in [0.4, 0.5) is 5.69 Å². The zero-order valence-corrected chi connectivity index (χ0v) is 20.2. The van der Waals surface area contributed by atoms with Gasteiger partial charge >= 0.3 is 0 Å². The van der Waals surface area contributed by atoms with Crippen LogP contribution in [0.2, 0.25) is 0 Å². The second-order valence-corrected chi connectivity index (χ2v) is 10.1. The van der Waals surface area contributed by atoms with Crippen molar-refractivity contribution in [2.24, 2.45) is 0 Å². The highest BCUT2D eigenvalue weighted by molar-refractivity contribution is 7.92. The number of anilines is 1. The predicted octanol–water partition coefficient (Wildman–Crippen LogP) is 4.76.